The third-order valence-corrected chi connectivity index (χ3v) is 3.85. The van der Waals surface area contributed by atoms with Gasteiger partial charge in [0.1, 0.15) is 0 Å². The highest BCUT2D eigenvalue weighted by Gasteiger charge is 2.23. The van der Waals surface area contributed by atoms with E-state index in [1.165, 1.54) is 0 Å². The largest absolute Gasteiger partial charge is 0.370 e. The van der Waals surface area contributed by atoms with E-state index < -0.39 is 11.8 Å². The minimum Gasteiger partial charge on any atom is -0.370 e. The van der Waals surface area contributed by atoms with Crippen molar-refractivity contribution in [2.24, 2.45) is 11.7 Å². The van der Waals surface area contributed by atoms with Crippen LogP contribution in [0.3, 0.4) is 0 Å². The van der Waals surface area contributed by atoms with Gasteiger partial charge in [-0.25, -0.2) is 0 Å². The highest BCUT2D eigenvalue weighted by Crippen LogP contribution is 2.14. The summed E-state index contributed by atoms with van der Waals surface area (Å²) >= 11 is 0. The summed E-state index contributed by atoms with van der Waals surface area (Å²) in [5.41, 5.74) is 5.20. The van der Waals surface area contributed by atoms with Crippen molar-refractivity contribution in [3.63, 3.8) is 0 Å². The molecule has 0 spiro atoms. The maximum Gasteiger partial charge on any atom is 0.241 e. The lowest BCUT2D eigenvalue weighted by atomic mass is 9.96. The molecule has 1 aliphatic heterocycles. The van der Waals surface area contributed by atoms with Crippen molar-refractivity contribution >= 4 is 17.7 Å². The Morgan fingerprint density at radius 1 is 1.19 bits per heavy atom. The third-order valence-electron chi connectivity index (χ3n) is 3.85. The van der Waals surface area contributed by atoms with Gasteiger partial charge < -0.3 is 16.0 Å². The molecule has 21 heavy (non-hydrogen) atoms. The van der Waals surface area contributed by atoms with E-state index in [2.05, 4.69) is 12.2 Å². The van der Waals surface area contributed by atoms with Gasteiger partial charge in [-0.3, -0.25) is 14.4 Å². The Morgan fingerprint density at radius 3 is 2.43 bits per heavy atom. The predicted octanol–water partition coefficient (Wildman–Crippen LogP) is 0.797. The van der Waals surface area contributed by atoms with Crippen molar-refractivity contribution in [3.8, 4) is 0 Å². The molecule has 3 N–H and O–H groups in total. The standard InChI is InChI=1S/C15H27N3O3/c1-2-3-4-7-12(10-13(16)19)15(21)17-11-14(20)18-8-5-6-9-18/h12H,2-11H2,1H3,(H2,16,19)(H,17,21). The number of nitrogens with two attached hydrogens (primary N) is 1. The van der Waals surface area contributed by atoms with Crippen molar-refractivity contribution < 1.29 is 14.4 Å². The smallest absolute Gasteiger partial charge is 0.241 e. The SMILES string of the molecule is CCCCCC(CC(N)=O)C(=O)NCC(=O)N1CCCC1. The number of hydrogen-bond donors (Lipinski definition) is 2. The lowest BCUT2D eigenvalue weighted by Gasteiger charge is -2.18. The first-order valence-electron chi connectivity index (χ1n) is 7.88. The normalized spacial score (nSPS) is 15.8. The summed E-state index contributed by atoms with van der Waals surface area (Å²) < 4.78 is 0. The number of carbonyl (C=O) groups is 3. The van der Waals surface area contributed by atoms with Gasteiger partial charge in [-0.05, 0) is 19.3 Å². The Balaban J connectivity index is 2.39. The fraction of sp³-hybridized carbons (Fsp3) is 0.800. The van der Waals surface area contributed by atoms with Crippen LogP contribution in [0.1, 0.15) is 51.9 Å². The molecule has 1 heterocycles. The average molecular weight is 297 g/mol. The van der Waals surface area contributed by atoms with E-state index in [1.807, 2.05) is 0 Å². The van der Waals surface area contributed by atoms with E-state index in [1.54, 1.807) is 4.90 Å². The molecule has 0 aromatic carbocycles. The summed E-state index contributed by atoms with van der Waals surface area (Å²) in [5.74, 6) is -1.18. The number of nitrogens with zero attached hydrogens (tertiary/aromatic N) is 1. The van der Waals surface area contributed by atoms with Gasteiger partial charge in [0.15, 0.2) is 0 Å². The van der Waals surface area contributed by atoms with Gasteiger partial charge in [-0.2, -0.15) is 0 Å². The maximum atomic E-state index is 12.1. The fourth-order valence-corrected chi connectivity index (χ4v) is 2.59. The molecule has 6 nitrogen and oxygen atoms in total. The molecular formula is C15H27N3O3. The minimum atomic E-state index is -0.475. The molecule has 1 saturated heterocycles. The molecular weight excluding hydrogens is 270 g/mol. The molecule has 0 aromatic heterocycles. The summed E-state index contributed by atoms with van der Waals surface area (Å²) in [6.45, 7) is 3.64. The summed E-state index contributed by atoms with van der Waals surface area (Å²) in [5, 5.41) is 2.65. The van der Waals surface area contributed by atoms with E-state index in [0.717, 1.165) is 45.2 Å². The van der Waals surface area contributed by atoms with Gasteiger partial charge in [0.05, 0.1) is 6.54 Å². The summed E-state index contributed by atoms with van der Waals surface area (Å²) in [4.78, 5) is 36.8. The van der Waals surface area contributed by atoms with Crippen LogP contribution in [0.4, 0.5) is 0 Å². The summed E-state index contributed by atoms with van der Waals surface area (Å²) in [6, 6.07) is 0. The monoisotopic (exact) mass is 297 g/mol. The van der Waals surface area contributed by atoms with E-state index in [0.29, 0.717) is 6.42 Å². The zero-order chi connectivity index (χ0) is 15.7. The molecule has 3 amide bonds. The first-order chi connectivity index (χ1) is 10.0. The van der Waals surface area contributed by atoms with Crippen molar-refractivity contribution in [1.29, 1.82) is 0 Å². The van der Waals surface area contributed by atoms with Crippen molar-refractivity contribution in [2.75, 3.05) is 19.6 Å². The molecule has 1 rings (SSSR count). The molecule has 1 fully saturated rings. The van der Waals surface area contributed by atoms with Crippen LogP contribution in [0.15, 0.2) is 0 Å². The molecule has 0 aromatic rings. The highest BCUT2D eigenvalue weighted by atomic mass is 16.2. The lowest BCUT2D eigenvalue weighted by Crippen LogP contribution is -2.41. The Kier molecular flexibility index (Phi) is 7.79. The Bertz CT molecular complexity index is 365. The molecule has 0 radical (unpaired) electrons. The maximum absolute atomic E-state index is 12.1. The number of hydrogen-bond acceptors (Lipinski definition) is 3. The second-order valence-electron chi connectivity index (χ2n) is 5.67. The Morgan fingerprint density at radius 2 is 1.86 bits per heavy atom. The van der Waals surface area contributed by atoms with Crippen molar-refractivity contribution in [1.82, 2.24) is 10.2 Å². The van der Waals surface area contributed by atoms with Crippen LogP contribution in [0.25, 0.3) is 0 Å². The van der Waals surface area contributed by atoms with Crippen LogP contribution in [-0.2, 0) is 14.4 Å². The number of likely N-dealkylation sites (tertiary alicyclic amines) is 1. The highest BCUT2D eigenvalue weighted by molar-refractivity contribution is 5.88. The molecule has 6 heteroatoms. The van der Waals surface area contributed by atoms with Gasteiger partial charge in [-0.1, -0.05) is 26.2 Å². The molecule has 1 unspecified atom stereocenters. The number of nitrogens with one attached hydrogen (secondary N) is 1. The van der Waals surface area contributed by atoms with Gasteiger partial charge in [0.25, 0.3) is 0 Å². The number of primary amides is 1. The van der Waals surface area contributed by atoms with Crippen molar-refractivity contribution in [3.05, 3.63) is 0 Å². The van der Waals surface area contributed by atoms with Gasteiger partial charge >= 0.3 is 0 Å². The van der Waals surface area contributed by atoms with Gasteiger partial charge in [0.2, 0.25) is 17.7 Å². The van der Waals surface area contributed by atoms with Crippen LogP contribution in [-0.4, -0.2) is 42.3 Å². The first-order valence-corrected chi connectivity index (χ1v) is 7.88. The number of rotatable bonds is 9. The van der Waals surface area contributed by atoms with Crippen LogP contribution in [0.2, 0.25) is 0 Å². The van der Waals surface area contributed by atoms with E-state index in [4.69, 9.17) is 5.73 Å². The Labute approximate surface area is 126 Å². The topological polar surface area (TPSA) is 92.5 Å². The number of unbranched alkanes of at least 4 members (excludes halogenated alkanes) is 2. The third kappa shape index (κ3) is 6.60. The van der Waals surface area contributed by atoms with E-state index in [9.17, 15) is 14.4 Å². The van der Waals surface area contributed by atoms with E-state index >= 15 is 0 Å². The first kappa shape index (κ1) is 17.5. The quantitative estimate of drug-likeness (QED) is 0.616. The molecule has 1 atom stereocenters. The molecule has 1 aliphatic rings. The molecule has 0 aliphatic carbocycles. The number of carbonyl (C=O) groups excluding carboxylic acids is 3. The van der Waals surface area contributed by atoms with Crippen LogP contribution >= 0.6 is 0 Å². The number of amides is 3. The summed E-state index contributed by atoms with van der Waals surface area (Å²) in [6.07, 6.45) is 5.71. The molecule has 120 valence electrons. The average Bonchev–Trinajstić information content (AvgIpc) is 2.97. The van der Waals surface area contributed by atoms with E-state index in [-0.39, 0.29) is 24.8 Å². The van der Waals surface area contributed by atoms with Crippen LogP contribution in [0.5, 0.6) is 0 Å². The molecule has 0 bridgehead atoms. The minimum absolute atomic E-state index is 0.0157. The van der Waals surface area contributed by atoms with Crippen LogP contribution < -0.4 is 11.1 Å². The molecule has 0 saturated carbocycles. The fourth-order valence-electron chi connectivity index (χ4n) is 2.59. The summed E-state index contributed by atoms with van der Waals surface area (Å²) in [7, 11) is 0. The zero-order valence-corrected chi connectivity index (χ0v) is 12.9. The predicted molar refractivity (Wildman–Crippen MR) is 80.3 cm³/mol. The van der Waals surface area contributed by atoms with Gasteiger partial charge in [0, 0.05) is 25.4 Å². The second kappa shape index (κ2) is 9.37. The lowest BCUT2D eigenvalue weighted by molar-refractivity contribution is -0.134. The van der Waals surface area contributed by atoms with Gasteiger partial charge in [-0.15, -0.1) is 0 Å². The van der Waals surface area contributed by atoms with Crippen molar-refractivity contribution in [2.45, 2.75) is 51.9 Å². The van der Waals surface area contributed by atoms with Crippen LogP contribution in [0, 0.1) is 5.92 Å². The Hall–Kier alpha value is -1.59. The zero-order valence-electron chi connectivity index (χ0n) is 12.9. The second-order valence-corrected chi connectivity index (χ2v) is 5.67.